The molecule has 130 valence electrons. The van der Waals surface area contributed by atoms with E-state index in [1.54, 1.807) is 36.4 Å². The van der Waals surface area contributed by atoms with Crippen LogP contribution in [0, 0.1) is 0 Å². The number of hydrogen-bond acceptors (Lipinski definition) is 5. The van der Waals surface area contributed by atoms with Gasteiger partial charge in [-0.1, -0.05) is 17.7 Å². The first-order chi connectivity index (χ1) is 11.4. The van der Waals surface area contributed by atoms with Gasteiger partial charge in [-0.15, -0.1) is 0 Å². The summed E-state index contributed by atoms with van der Waals surface area (Å²) in [6, 6.07) is 10.3. The summed E-state index contributed by atoms with van der Waals surface area (Å²) in [5, 5.41) is 13.0. The molecule has 2 rings (SSSR count). The van der Waals surface area contributed by atoms with Crippen molar-refractivity contribution in [3.63, 3.8) is 0 Å². The second kappa shape index (κ2) is 8.73. The number of furan rings is 1. The molecule has 0 spiro atoms. The predicted molar refractivity (Wildman–Crippen MR) is 91.4 cm³/mol. The number of aliphatic hydroxyl groups is 1. The molecule has 0 saturated carbocycles. The summed E-state index contributed by atoms with van der Waals surface area (Å²) in [6.45, 7) is 0.820. The third-order valence-corrected chi connectivity index (χ3v) is 3.37. The quantitative estimate of drug-likeness (QED) is 0.761. The summed E-state index contributed by atoms with van der Waals surface area (Å²) < 4.78 is 11.0. The molecule has 0 radical (unpaired) electrons. The lowest BCUT2D eigenvalue weighted by Crippen LogP contribution is -2.37. The highest BCUT2D eigenvalue weighted by Crippen LogP contribution is 2.19. The topological polar surface area (TPSA) is 74.9 Å². The highest BCUT2D eigenvalue weighted by molar-refractivity contribution is 6.30. The Bertz CT molecular complexity index is 672. The first kappa shape index (κ1) is 18.3. The van der Waals surface area contributed by atoms with Gasteiger partial charge in [-0.2, -0.15) is 0 Å². The lowest BCUT2D eigenvalue weighted by Gasteiger charge is -2.15. The van der Waals surface area contributed by atoms with E-state index in [9.17, 15) is 9.90 Å². The van der Waals surface area contributed by atoms with Crippen molar-refractivity contribution in [3.05, 3.63) is 52.9 Å². The fourth-order valence-electron chi connectivity index (χ4n) is 2.07. The number of nitrogens with one attached hydrogen (secondary N) is 1. The summed E-state index contributed by atoms with van der Waals surface area (Å²) >= 11 is 5.88. The van der Waals surface area contributed by atoms with Crippen molar-refractivity contribution in [2.45, 2.75) is 12.7 Å². The van der Waals surface area contributed by atoms with Crippen molar-refractivity contribution in [1.82, 2.24) is 10.2 Å². The van der Waals surface area contributed by atoms with Gasteiger partial charge in [0.05, 0.1) is 6.10 Å². The molecule has 2 aromatic rings. The minimum atomic E-state index is -0.635. The van der Waals surface area contributed by atoms with Crippen LogP contribution in [0.3, 0.4) is 0 Å². The van der Waals surface area contributed by atoms with Gasteiger partial charge >= 0.3 is 0 Å². The normalized spacial score (nSPS) is 12.2. The molecule has 0 aliphatic heterocycles. The lowest BCUT2D eigenvalue weighted by atomic mass is 10.3. The fourth-order valence-corrected chi connectivity index (χ4v) is 2.25. The molecule has 1 aromatic heterocycles. The van der Waals surface area contributed by atoms with Crippen molar-refractivity contribution in [2.24, 2.45) is 0 Å². The highest BCUT2D eigenvalue weighted by Gasteiger charge is 2.13. The fraction of sp³-hybridized carbons (Fsp3) is 0.353. The zero-order valence-corrected chi connectivity index (χ0v) is 14.4. The average Bonchev–Trinajstić information content (AvgIpc) is 2.99. The Hall–Kier alpha value is -2.02. The smallest absolute Gasteiger partial charge is 0.287 e. The van der Waals surface area contributed by atoms with Crippen molar-refractivity contribution in [1.29, 1.82) is 0 Å². The maximum Gasteiger partial charge on any atom is 0.287 e. The molecule has 1 aromatic carbocycles. The minimum Gasteiger partial charge on any atom is -0.486 e. The van der Waals surface area contributed by atoms with E-state index in [0.717, 1.165) is 0 Å². The highest BCUT2D eigenvalue weighted by atomic mass is 35.5. The summed E-state index contributed by atoms with van der Waals surface area (Å²) in [4.78, 5) is 13.8. The average molecular weight is 353 g/mol. The molecule has 24 heavy (non-hydrogen) atoms. The van der Waals surface area contributed by atoms with Gasteiger partial charge in [0.15, 0.2) is 5.76 Å². The van der Waals surface area contributed by atoms with E-state index in [0.29, 0.717) is 23.1 Å². The Morgan fingerprint density at radius 1 is 1.38 bits per heavy atom. The Balaban J connectivity index is 1.82. The van der Waals surface area contributed by atoms with Crippen molar-refractivity contribution in [3.8, 4) is 5.75 Å². The standard InChI is InChI=1S/C17H21ClN2O4/c1-20(2)10-13(21)9-19-17(22)16-7-6-15(24-16)11-23-14-5-3-4-12(18)8-14/h3-8,13,21H,9-11H2,1-2H3,(H,19,22). The van der Waals surface area contributed by atoms with E-state index in [1.165, 1.54) is 0 Å². The van der Waals surface area contributed by atoms with Crippen LogP contribution in [0.5, 0.6) is 5.75 Å². The first-order valence-electron chi connectivity index (χ1n) is 7.52. The zero-order valence-electron chi connectivity index (χ0n) is 13.7. The van der Waals surface area contributed by atoms with Crippen LogP contribution in [0.2, 0.25) is 5.02 Å². The number of carbonyl (C=O) groups excluding carboxylic acids is 1. The second-order valence-electron chi connectivity index (χ2n) is 5.64. The van der Waals surface area contributed by atoms with E-state index in [-0.39, 0.29) is 24.8 Å². The number of hydrogen-bond donors (Lipinski definition) is 2. The molecule has 2 N–H and O–H groups in total. The lowest BCUT2D eigenvalue weighted by molar-refractivity contribution is 0.0863. The van der Waals surface area contributed by atoms with Crippen LogP contribution in [0.15, 0.2) is 40.8 Å². The van der Waals surface area contributed by atoms with Crippen LogP contribution in [0.1, 0.15) is 16.3 Å². The summed E-state index contributed by atoms with van der Waals surface area (Å²) in [6.07, 6.45) is -0.635. The molecular formula is C17H21ClN2O4. The number of amides is 1. The van der Waals surface area contributed by atoms with Crippen LogP contribution in [-0.4, -0.2) is 49.2 Å². The molecule has 1 atom stereocenters. The minimum absolute atomic E-state index is 0.159. The van der Waals surface area contributed by atoms with Gasteiger partial charge in [-0.05, 0) is 44.4 Å². The summed E-state index contributed by atoms with van der Waals surface area (Å²) in [5.41, 5.74) is 0. The van der Waals surface area contributed by atoms with Crippen molar-refractivity contribution >= 4 is 17.5 Å². The van der Waals surface area contributed by atoms with E-state index < -0.39 is 6.10 Å². The molecule has 6 nitrogen and oxygen atoms in total. The van der Waals surface area contributed by atoms with E-state index >= 15 is 0 Å². The predicted octanol–water partition coefficient (Wildman–Crippen LogP) is 2.16. The van der Waals surface area contributed by atoms with Gasteiger partial charge in [-0.25, -0.2) is 0 Å². The van der Waals surface area contributed by atoms with Gasteiger partial charge in [0.25, 0.3) is 5.91 Å². The monoisotopic (exact) mass is 352 g/mol. The largest absolute Gasteiger partial charge is 0.486 e. The molecule has 1 amide bonds. The van der Waals surface area contributed by atoms with Crippen LogP contribution in [0.25, 0.3) is 0 Å². The Labute approximate surface area is 146 Å². The first-order valence-corrected chi connectivity index (χ1v) is 7.90. The van der Waals surface area contributed by atoms with Crippen LogP contribution in [-0.2, 0) is 6.61 Å². The number of benzene rings is 1. The molecule has 7 heteroatoms. The number of ether oxygens (including phenoxy) is 1. The number of nitrogens with zero attached hydrogens (tertiary/aromatic N) is 1. The Kier molecular flexibility index (Phi) is 6.66. The van der Waals surface area contributed by atoms with E-state index in [1.807, 2.05) is 19.0 Å². The van der Waals surface area contributed by atoms with Gasteiger partial charge in [0, 0.05) is 18.1 Å². The Morgan fingerprint density at radius 2 is 2.17 bits per heavy atom. The molecule has 0 saturated heterocycles. The van der Waals surface area contributed by atoms with E-state index in [2.05, 4.69) is 5.32 Å². The number of halogens is 1. The summed E-state index contributed by atoms with van der Waals surface area (Å²) in [7, 11) is 3.70. The van der Waals surface area contributed by atoms with E-state index in [4.69, 9.17) is 20.8 Å². The van der Waals surface area contributed by atoms with Crippen molar-refractivity contribution < 1.29 is 19.1 Å². The molecule has 1 heterocycles. The molecule has 0 fully saturated rings. The SMILES string of the molecule is CN(C)CC(O)CNC(=O)c1ccc(COc2cccc(Cl)c2)o1. The maximum atomic E-state index is 12.0. The maximum absolute atomic E-state index is 12.0. The molecule has 0 aliphatic rings. The van der Waals surface area contributed by atoms with Gasteiger partial charge < -0.3 is 24.5 Å². The van der Waals surface area contributed by atoms with Crippen LogP contribution >= 0.6 is 11.6 Å². The third-order valence-electron chi connectivity index (χ3n) is 3.14. The second-order valence-corrected chi connectivity index (χ2v) is 6.07. The zero-order chi connectivity index (χ0) is 17.5. The molecule has 1 unspecified atom stereocenters. The van der Waals surface area contributed by atoms with Crippen LogP contribution in [0.4, 0.5) is 0 Å². The Morgan fingerprint density at radius 3 is 2.88 bits per heavy atom. The molecular weight excluding hydrogens is 332 g/mol. The van der Waals surface area contributed by atoms with Crippen molar-refractivity contribution in [2.75, 3.05) is 27.2 Å². The number of aliphatic hydroxyl groups excluding tert-OH is 1. The number of rotatable bonds is 8. The van der Waals surface area contributed by atoms with Crippen LogP contribution < -0.4 is 10.1 Å². The summed E-state index contributed by atoms with van der Waals surface area (Å²) in [5.74, 6) is 0.948. The molecule has 0 aliphatic carbocycles. The van der Waals surface area contributed by atoms with Gasteiger partial charge in [0.2, 0.25) is 0 Å². The number of likely N-dealkylation sites (N-methyl/N-ethyl adjacent to an activating group) is 1. The van der Waals surface area contributed by atoms with Gasteiger partial charge in [-0.3, -0.25) is 4.79 Å². The molecule has 0 bridgehead atoms. The number of carbonyl (C=O) groups is 1. The van der Waals surface area contributed by atoms with Gasteiger partial charge in [0.1, 0.15) is 18.1 Å². The third kappa shape index (κ3) is 5.88.